The SMILES string of the molecule is Cc1ccc([C@@H](C)NC(=O)CN(c2ccc(Br)cc2)S(C)(=O)=O)c(C)c1. The number of amides is 1. The van der Waals surface area contributed by atoms with Crippen molar-refractivity contribution in [1.82, 2.24) is 5.32 Å². The van der Waals surface area contributed by atoms with Crippen molar-refractivity contribution in [2.45, 2.75) is 26.8 Å². The summed E-state index contributed by atoms with van der Waals surface area (Å²) < 4.78 is 26.2. The van der Waals surface area contributed by atoms with Gasteiger partial charge in [0.05, 0.1) is 18.0 Å². The number of aryl methyl sites for hydroxylation is 2. The van der Waals surface area contributed by atoms with Crippen LogP contribution in [0.5, 0.6) is 0 Å². The van der Waals surface area contributed by atoms with Gasteiger partial charge in [-0.2, -0.15) is 0 Å². The molecule has 0 fully saturated rings. The molecule has 0 aliphatic carbocycles. The molecule has 0 heterocycles. The molecule has 0 aliphatic heterocycles. The third-order valence-corrected chi connectivity index (χ3v) is 5.74. The summed E-state index contributed by atoms with van der Waals surface area (Å²) in [5.74, 6) is -0.356. The molecule has 1 amide bonds. The molecule has 0 unspecified atom stereocenters. The highest BCUT2D eigenvalue weighted by Crippen LogP contribution is 2.21. The van der Waals surface area contributed by atoms with E-state index in [0.717, 1.165) is 31.7 Å². The van der Waals surface area contributed by atoms with Gasteiger partial charge in [-0.1, -0.05) is 39.7 Å². The first kappa shape index (κ1) is 20.5. The number of nitrogens with zero attached hydrogens (tertiary/aromatic N) is 1. The highest BCUT2D eigenvalue weighted by Gasteiger charge is 2.22. The van der Waals surface area contributed by atoms with Crippen LogP contribution in [0.4, 0.5) is 5.69 Å². The van der Waals surface area contributed by atoms with Crippen LogP contribution >= 0.6 is 15.9 Å². The van der Waals surface area contributed by atoms with Crippen molar-refractivity contribution >= 4 is 37.5 Å². The Bertz CT molecular complexity index is 896. The fourth-order valence-corrected chi connectivity index (χ4v) is 3.93. The van der Waals surface area contributed by atoms with E-state index in [0.29, 0.717) is 5.69 Å². The standard InChI is InChI=1S/C19H23BrN2O3S/c1-13-5-10-18(14(2)11-13)15(3)21-19(23)12-22(26(4,24)25)17-8-6-16(20)7-9-17/h5-11,15H,12H2,1-4H3,(H,21,23)/t15-/m1/s1. The molecule has 26 heavy (non-hydrogen) atoms. The predicted octanol–water partition coefficient (Wildman–Crippen LogP) is 3.71. The summed E-state index contributed by atoms with van der Waals surface area (Å²) in [4.78, 5) is 12.5. The number of carbonyl (C=O) groups is 1. The summed E-state index contributed by atoms with van der Waals surface area (Å²) in [5.41, 5.74) is 3.71. The number of rotatable bonds is 6. The Morgan fingerprint density at radius 3 is 2.31 bits per heavy atom. The van der Waals surface area contributed by atoms with Gasteiger partial charge in [-0.05, 0) is 56.2 Å². The van der Waals surface area contributed by atoms with Crippen molar-refractivity contribution < 1.29 is 13.2 Å². The van der Waals surface area contributed by atoms with Gasteiger partial charge in [0.1, 0.15) is 6.54 Å². The van der Waals surface area contributed by atoms with Crippen LogP contribution in [0.3, 0.4) is 0 Å². The average molecular weight is 439 g/mol. The maximum absolute atomic E-state index is 12.5. The Kier molecular flexibility index (Phi) is 6.47. The van der Waals surface area contributed by atoms with Crippen molar-refractivity contribution in [3.8, 4) is 0 Å². The van der Waals surface area contributed by atoms with E-state index < -0.39 is 10.0 Å². The van der Waals surface area contributed by atoms with Gasteiger partial charge in [-0.3, -0.25) is 9.10 Å². The van der Waals surface area contributed by atoms with E-state index in [4.69, 9.17) is 0 Å². The van der Waals surface area contributed by atoms with Crippen LogP contribution in [0.25, 0.3) is 0 Å². The van der Waals surface area contributed by atoms with E-state index in [1.807, 2.05) is 32.9 Å². The Labute approximate surface area is 163 Å². The molecule has 0 saturated heterocycles. The zero-order valence-electron chi connectivity index (χ0n) is 15.3. The molecular formula is C19H23BrN2O3S. The van der Waals surface area contributed by atoms with Gasteiger partial charge < -0.3 is 5.32 Å². The minimum Gasteiger partial charge on any atom is -0.348 e. The number of carbonyl (C=O) groups excluding carboxylic acids is 1. The van der Waals surface area contributed by atoms with E-state index in [-0.39, 0.29) is 18.5 Å². The third kappa shape index (κ3) is 5.32. The molecule has 1 N–H and O–H groups in total. The summed E-state index contributed by atoms with van der Waals surface area (Å²) in [6.45, 7) is 5.63. The lowest BCUT2D eigenvalue weighted by molar-refractivity contribution is -0.120. The molecule has 1 atom stereocenters. The first-order chi connectivity index (χ1) is 12.1. The predicted molar refractivity (Wildman–Crippen MR) is 109 cm³/mol. The third-order valence-electron chi connectivity index (χ3n) is 4.07. The van der Waals surface area contributed by atoms with Crippen LogP contribution in [0.1, 0.15) is 29.7 Å². The van der Waals surface area contributed by atoms with E-state index in [1.165, 1.54) is 0 Å². The smallest absolute Gasteiger partial charge is 0.241 e. The zero-order chi connectivity index (χ0) is 19.5. The maximum Gasteiger partial charge on any atom is 0.241 e. The second-order valence-electron chi connectivity index (χ2n) is 6.40. The maximum atomic E-state index is 12.5. The van der Waals surface area contributed by atoms with Crippen LogP contribution in [0.2, 0.25) is 0 Å². The quantitative estimate of drug-likeness (QED) is 0.747. The normalized spacial score (nSPS) is 12.5. The molecule has 7 heteroatoms. The van der Waals surface area contributed by atoms with Crippen LogP contribution in [0.15, 0.2) is 46.9 Å². The summed E-state index contributed by atoms with van der Waals surface area (Å²) in [7, 11) is -3.58. The van der Waals surface area contributed by atoms with Gasteiger partial charge in [-0.25, -0.2) is 8.42 Å². The van der Waals surface area contributed by atoms with E-state index >= 15 is 0 Å². The monoisotopic (exact) mass is 438 g/mol. The first-order valence-corrected chi connectivity index (χ1v) is 10.8. The Balaban J connectivity index is 2.15. The molecule has 2 aromatic carbocycles. The Hall–Kier alpha value is -1.86. The molecule has 0 spiro atoms. The van der Waals surface area contributed by atoms with Gasteiger partial charge >= 0.3 is 0 Å². The largest absolute Gasteiger partial charge is 0.348 e. The number of halogens is 1. The van der Waals surface area contributed by atoms with E-state index in [2.05, 4.69) is 27.3 Å². The van der Waals surface area contributed by atoms with Gasteiger partial charge in [0.15, 0.2) is 0 Å². The number of hydrogen-bond donors (Lipinski definition) is 1. The molecule has 5 nitrogen and oxygen atoms in total. The molecule has 140 valence electrons. The van der Waals surface area contributed by atoms with Crippen LogP contribution in [-0.2, 0) is 14.8 Å². The lowest BCUT2D eigenvalue weighted by atomic mass is 10.0. The zero-order valence-corrected chi connectivity index (χ0v) is 17.7. The molecule has 2 aromatic rings. The van der Waals surface area contributed by atoms with Crippen molar-refractivity contribution in [2.24, 2.45) is 0 Å². The minimum atomic E-state index is -3.58. The highest BCUT2D eigenvalue weighted by atomic mass is 79.9. The lowest BCUT2D eigenvalue weighted by Gasteiger charge is -2.24. The number of benzene rings is 2. The first-order valence-electron chi connectivity index (χ1n) is 8.17. The summed E-state index contributed by atoms with van der Waals surface area (Å²) in [6.07, 6.45) is 1.09. The molecule has 0 aliphatic rings. The fraction of sp³-hybridized carbons (Fsp3) is 0.316. The van der Waals surface area contributed by atoms with Crippen LogP contribution in [0, 0.1) is 13.8 Å². The summed E-state index contributed by atoms with van der Waals surface area (Å²) in [5, 5.41) is 2.89. The Morgan fingerprint density at radius 2 is 1.77 bits per heavy atom. The van der Waals surface area contributed by atoms with Crippen LogP contribution < -0.4 is 9.62 Å². The topological polar surface area (TPSA) is 66.5 Å². The second kappa shape index (κ2) is 8.22. The van der Waals surface area contributed by atoms with E-state index in [1.54, 1.807) is 24.3 Å². The van der Waals surface area contributed by atoms with Crippen molar-refractivity contribution in [2.75, 3.05) is 17.1 Å². The molecular weight excluding hydrogens is 416 g/mol. The van der Waals surface area contributed by atoms with Crippen molar-refractivity contribution in [3.63, 3.8) is 0 Å². The van der Waals surface area contributed by atoms with Gasteiger partial charge in [0.25, 0.3) is 0 Å². The van der Waals surface area contributed by atoms with Gasteiger partial charge in [0, 0.05) is 4.47 Å². The van der Waals surface area contributed by atoms with Crippen LogP contribution in [-0.4, -0.2) is 27.1 Å². The molecule has 0 bridgehead atoms. The molecule has 0 aromatic heterocycles. The number of nitrogens with one attached hydrogen (secondary N) is 1. The average Bonchev–Trinajstić information content (AvgIpc) is 2.52. The number of anilines is 1. The van der Waals surface area contributed by atoms with Gasteiger partial charge in [-0.15, -0.1) is 0 Å². The number of hydrogen-bond acceptors (Lipinski definition) is 3. The summed E-state index contributed by atoms with van der Waals surface area (Å²) >= 11 is 3.32. The van der Waals surface area contributed by atoms with Crippen molar-refractivity contribution in [1.29, 1.82) is 0 Å². The van der Waals surface area contributed by atoms with E-state index in [9.17, 15) is 13.2 Å². The fourth-order valence-electron chi connectivity index (χ4n) is 2.81. The molecule has 0 saturated carbocycles. The van der Waals surface area contributed by atoms with Gasteiger partial charge in [0.2, 0.25) is 15.9 Å². The van der Waals surface area contributed by atoms with Crippen molar-refractivity contribution in [3.05, 3.63) is 63.6 Å². The summed E-state index contributed by atoms with van der Waals surface area (Å²) in [6, 6.07) is 12.6. The highest BCUT2D eigenvalue weighted by molar-refractivity contribution is 9.10. The molecule has 2 rings (SSSR count). The lowest BCUT2D eigenvalue weighted by Crippen LogP contribution is -2.41. The minimum absolute atomic E-state index is 0.213. The second-order valence-corrected chi connectivity index (χ2v) is 9.22. The molecule has 0 radical (unpaired) electrons. The Morgan fingerprint density at radius 1 is 1.15 bits per heavy atom. The number of sulfonamides is 1.